The molecule has 174 valence electrons. The van der Waals surface area contributed by atoms with Crippen LogP contribution in [0.1, 0.15) is 5.56 Å². The third-order valence-corrected chi connectivity index (χ3v) is 6.92. The zero-order valence-corrected chi connectivity index (χ0v) is 19.9. The van der Waals surface area contributed by atoms with E-state index < -0.39 is 10.0 Å². The second-order valence-electron chi connectivity index (χ2n) is 7.74. The highest BCUT2D eigenvalue weighted by Gasteiger charge is 2.21. The number of para-hydroxylation sites is 2. The highest BCUT2D eigenvalue weighted by Crippen LogP contribution is 2.23. The number of nitrogens with zero attached hydrogens (tertiary/aromatic N) is 2. The molecule has 0 radical (unpaired) electrons. The summed E-state index contributed by atoms with van der Waals surface area (Å²) in [6.07, 6.45) is 0. The number of amides is 1. The number of benzene rings is 3. The number of carbonyl (C=O) groups excluding carboxylic acids is 1. The van der Waals surface area contributed by atoms with E-state index in [1.165, 1.54) is 23.5 Å². The van der Waals surface area contributed by atoms with Crippen LogP contribution in [0.2, 0.25) is 0 Å². The zero-order valence-electron chi connectivity index (χ0n) is 19.1. The van der Waals surface area contributed by atoms with Crippen molar-refractivity contribution in [3.8, 4) is 5.75 Å². The average molecular weight is 468 g/mol. The van der Waals surface area contributed by atoms with Crippen LogP contribution in [0.3, 0.4) is 0 Å². The average Bonchev–Trinajstić information content (AvgIpc) is 2.80. The summed E-state index contributed by atoms with van der Waals surface area (Å²) in [5.41, 5.74) is 2.04. The van der Waals surface area contributed by atoms with Gasteiger partial charge < -0.3 is 10.1 Å². The van der Waals surface area contributed by atoms with Crippen LogP contribution < -0.4 is 14.4 Å². The first-order valence-electron chi connectivity index (χ1n) is 10.6. The van der Waals surface area contributed by atoms with E-state index in [9.17, 15) is 13.2 Å². The van der Waals surface area contributed by atoms with Gasteiger partial charge in [0.05, 0.1) is 17.1 Å². The van der Waals surface area contributed by atoms with Crippen molar-refractivity contribution in [2.45, 2.75) is 11.8 Å². The smallest absolute Gasteiger partial charge is 0.264 e. The van der Waals surface area contributed by atoms with Gasteiger partial charge in [-0.25, -0.2) is 8.42 Å². The Labute approximate surface area is 195 Å². The molecule has 8 heteroatoms. The Morgan fingerprint density at radius 3 is 2.36 bits per heavy atom. The van der Waals surface area contributed by atoms with Gasteiger partial charge in [0.25, 0.3) is 10.0 Å². The van der Waals surface area contributed by atoms with E-state index in [-0.39, 0.29) is 17.3 Å². The Kier molecular flexibility index (Phi) is 8.08. The van der Waals surface area contributed by atoms with Crippen LogP contribution in [0.5, 0.6) is 5.75 Å². The molecule has 3 aromatic rings. The number of anilines is 2. The van der Waals surface area contributed by atoms with Crippen molar-refractivity contribution in [3.05, 3.63) is 84.4 Å². The van der Waals surface area contributed by atoms with Crippen molar-refractivity contribution >= 4 is 27.3 Å². The van der Waals surface area contributed by atoms with Gasteiger partial charge >= 0.3 is 0 Å². The quantitative estimate of drug-likeness (QED) is 0.491. The molecule has 7 nitrogen and oxygen atoms in total. The summed E-state index contributed by atoms with van der Waals surface area (Å²) in [4.78, 5) is 14.4. The molecule has 0 unspecified atom stereocenters. The van der Waals surface area contributed by atoms with Gasteiger partial charge in [-0.1, -0.05) is 42.5 Å². The molecule has 33 heavy (non-hydrogen) atoms. The molecule has 0 atom stereocenters. The molecule has 1 N–H and O–H groups in total. The maximum atomic E-state index is 13.0. The lowest BCUT2D eigenvalue weighted by Crippen LogP contribution is -2.33. The minimum Gasteiger partial charge on any atom is -0.492 e. The Morgan fingerprint density at radius 2 is 1.64 bits per heavy atom. The van der Waals surface area contributed by atoms with Gasteiger partial charge in [-0.2, -0.15) is 0 Å². The van der Waals surface area contributed by atoms with Crippen LogP contribution in [0.4, 0.5) is 11.4 Å². The molecule has 0 saturated heterocycles. The standard InChI is InChI=1S/C25H29N3O4S/c1-20-10-7-8-15-24(20)32-17-16-27(2)19-25(29)26-21-11-9-14-23(18-21)33(30,31)28(3)22-12-5-4-6-13-22/h4-15,18H,16-17,19H2,1-3H3,(H,26,29). The van der Waals surface area contributed by atoms with E-state index in [1.807, 2.05) is 49.2 Å². The molecule has 0 saturated carbocycles. The van der Waals surface area contributed by atoms with Crippen LogP contribution >= 0.6 is 0 Å². The highest BCUT2D eigenvalue weighted by atomic mass is 32.2. The summed E-state index contributed by atoms with van der Waals surface area (Å²) >= 11 is 0. The van der Waals surface area contributed by atoms with Crippen molar-refractivity contribution in [3.63, 3.8) is 0 Å². The zero-order chi connectivity index (χ0) is 23.8. The van der Waals surface area contributed by atoms with Crippen LogP contribution in [0, 0.1) is 6.92 Å². The molecule has 1 amide bonds. The fourth-order valence-electron chi connectivity index (χ4n) is 3.22. The molecule has 0 aromatic heterocycles. The minimum atomic E-state index is -3.76. The van der Waals surface area contributed by atoms with E-state index in [4.69, 9.17) is 4.74 Å². The summed E-state index contributed by atoms with van der Waals surface area (Å²) in [5.74, 6) is 0.591. The summed E-state index contributed by atoms with van der Waals surface area (Å²) < 4.78 is 33.0. The van der Waals surface area contributed by atoms with Gasteiger partial charge in [0, 0.05) is 19.3 Å². The Morgan fingerprint density at radius 1 is 0.939 bits per heavy atom. The van der Waals surface area contributed by atoms with E-state index in [2.05, 4.69) is 5.32 Å². The molecule has 0 bridgehead atoms. The molecule has 0 aliphatic rings. The summed E-state index contributed by atoms with van der Waals surface area (Å²) in [6, 6.07) is 22.9. The summed E-state index contributed by atoms with van der Waals surface area (Å²) in [6.45, 7) is 3.16. The molecule has 0 aliphatic heterocycles. The van der Waals surface area contributed by atoms with Crippen LogP contribution in [0.25, 0.3) is 0 Å². The van der Waals surface area contributed by atoms with Crippen LogP contribution in [-0.4, -0.2) is 53.0 Å². The summed E-state index contributed by atoms with van der Waals surface area (Å²) in [7, 11) is -0.427. The van der Waals surface area contributed by atoms with E-state index >= 15 is 0 Å². The number of ether oxygens (including phenoxy) is 1. The Balaban J connectivity index is 1.56. The number of nitrogens with one attached hydrogen (secondary N) is 1. The van der Waals surface area contributed by atoms with E-state index in [0.29, 0.717) is 24.5 Å². The molecule has 3 aromatic carbocycles. The normalized spacial score (nSPS) is 11.3. The lowest BCUT2D eigenvalue weighted by Gasteiger charge is -2.20. The number of aryl methyl sites for hydroxylation is 1. The molecule has 0 spiro atoms. The van der Waals surface area contributed by atoms with Crippen LogP contribution in [0.15, 0.2) is 83.8 Å². The maximum Gasteiger partial charge on any atom is 0.264 e. The lowest BCUT2D eigenvalue weighted by atomic mass is 10.2. The lowest BCUT2D eigenvalue weighted by molar-refractivity contribution is -0.117. The van der Waals surface area contributed by atoms with Gasteiger partial charge in [-0.15, -0.1) is 0 Å². The fourth-order valence-corrected chi connectivity index (χ4v) is 4.47. The Hall–Kier alpha value is -3.36. The molecule has 0 fully saturated rings. The third kappa shape index (κ3) is 6.57. The van der Waals surface area contributed by atoms with Gasteiger partial charge in [-0.05, 0) is 55.9 Å². The van der Waals surface area contributed by atoms with E-state index in [0.717, 1.165) is 11.3 Å². The predicted octanol–water partition coefficient (Wildman–Crippen LogP) is 3.77. The van der Waals surface area contributed by atoms with Crippen molar-refractivity contribution in [2.24, 2.45) is 0 Å². The van der Waals surface area contributed by atoms with Gasteiger partial charge in [0.2, 0.25) is 5.91 Å². The van der Waals surface area contributed by atoms with Crippen molar-refractivity contribution in [1.82, 2.24) is 4.90 Å². The van der Waals surface area contributed by atoms with Gasteiger partial charge in [-0.3, -0.25) is 14.0 Å². The topological polar surface area (TPSA) is 79.0 Å². The maximum absolute atomic E-state index is 13.0. The van der Waals surface area contributed by atoms with E-state index in [1.54, 1.807) is 36.4 Å². The number of likely N-dealkylation sites (N-methyl/N-ethyl adjacent to an activating group) is 1. The number of hydrogen-bond donors (Lipinski definition) is 1. The van der Waals surface area contributed by atoms with Crippen LogP contribution in [-0.2, 0) is 14.8 Å². The third-order valence-electron chi connectivity index (χ3n) is 5.13. The first-order valence-corrected chi connectivity index (χ1v) is 12.0. The first-order chi connectivity index (χ1) is 15.8. The first kappa shape index (κ1) is 24.3. The monoisotopic (exact) mass is 467 g/mol. The van der Waals surface area contributed by atoms with Crippen molar-refractivity contribution < 1.29 is 17.9 Å². The van der Waals surface area contributed by atoms with Gasteiger partial charge in [0.15, 0.2) is 0 Å². The predicted molar refractivity (Wildman–Crippen MR) is 131 cm³/mol. The second kappa shape index (κ2) is 11.0. The second-order valence-corrected chi connectivity index (χ2v) is 9.71. The fraction of sp³-hybridized carbons (Fsp3) is 0.240. The Bertz CT molecular complexity index is 1180. The van der Waals surface area contributed by atoms with Crippen molar-refractivity contribution in [1.29, 1.82) is 0 Å². The molecular weight excluding hydrogens is 438 g/mol. The number of rotatable bonds is 10. The molecule has 0 heterocycles. The molecular formula is C25H29N3O4S. The number of carbonyl (C=O) groups is 1. The minimum absolute atomic E-state index is 0.103. The highest BCUT2D eigenvalue weighted by molar-refractivity contribution is 7.92. The summed E-state index contributed by atoms with van der Waals surface area (Å²) in [5, 5.41) is 2.78. The van der Waals surface area contributed by atoms with Crippen molar-refractivity contribution in [2.75, 3.05) is 43.4 Å². The van der Waals surface area contributed by atoms with Gasteiger partial charge in [0.1, 0.15) is 12.4 Å². The number of hydrogen-bond acceptors (Lipinski definition) is 5. The largest absolute Gasteiger partial charge is 0.492 e. The number of sulfonamides is 1. The SMILES string of the molecule is Cc1ccccc1OCCN(C)CC(=O)Nc1cccc(S(=O)(=O)N(C)c2ccccc2)c1. The molecule has 3 rings (SSSR count). The molecule has 0 aliphatic carbocycles.